The summed E-state index contributed by atoms with van der Waals surface area (Å²) >= 11 is 0. The number of piperidine rings is 1. The maximum Gasteiger partial charge on any atom is 0.268 e. The van der Waals surface area contributed by atoms with Gasteiger partial charge in [-0.25, -0.2) is 12.4 Å². The highest BCUT2D eigenvalue weighted by Gasteiger charge is 2.40. The highest BCUT2D eigenvalue weighted by molar-refractivity contribution is 7.90. The lowest BCUT2D eigenvalue weighted by Gasteiger charge is -2.45. The molecule has 1 fully saturated rings. The van der Waals surface area contributed by atoms with E-state index in [1.807, 2.05) is 56.4 Å². The predicted molar refractivity (Wildman–Crippen MR) is 125 cm³/mol. The zero-order valence-corrected chi connectivity index (χ0v) is 19.5. The molecule has 2 heterocycles. The van der Waals surface area contributed by atoms with Gasteiger partial charge in [0.2, 0.25) is 0 Å². The summed E-state index contributed by atoms with van der Waals surface area (Å²) < 4.78 is 28.6. The van der Waals surface area contributed by atoms with Crippen LogP contribution in [0.3, 0.4) is 0 Å². The number of benzene rings is 2. The van der Waals surface area contributed by atoms with Crippen LogP contribution in [0.15, 0.2) is 59.6 Å². The quantitative estimate of drug-likeness (QED) is 0.630. The summed E-state index contributed by atoms with van der Waals surface area (Å²) in [7, 11) is -1.62. The first-order chi connectivity index (χ1) is 14.8. The molecule has 4 atom stereocenters. The SMILES string of the molecule is CC[C@@H]1[C@@H](c2cn(S(=O)(=O)c3ccc(C)cc3)c3ccccc23)N(C)CC[C@H]1C(C)O. The molecule has 5 nitrogen and oxygen atoms in total. The van der Waals surface area contributed by atoms with Crippen LogP contribution in [0.25, 0.3) is 10.9 Å². The average Bonchev–Trinajstić information content (AvgIpc) is 3.13. The van der Waals surface area contributed by atoms with E-state index < -0.39 is 10.0 Å². The lowest BCUT2D eigenvalue weighted by Crippen LogP contribution is -2.44. The van der Waals surface area contributed by atoms with Crippen LogP contribution in [0.1, 0.15) is 43.9 Å². The van der Waals surface area contributed by atoms with Gasteiger partial charge in [0.05, 0.1) is 16.5 Å². The van der Waals surface area contributed by atoms with Gasteiger partial charge >= 0.3 is 0 Å². The molecule has 3 aromatic rings. The van der Waals surface area contributed by atoms with Gasteiger partial charge in [0.15, 0.2) is 0 Å². The molecule has 166 valence electrons. The zero-order valence-electron chi connectivity index (χ0n) is 18.7. The van der Waals surface area contributed by atoms with Gasteiger partial charge in [-0.15, -0.1) is 0 Å². The Balaban J connectivity index is 1.90. The third kappa shape index (κ3) is 3.81. The lowest BCUT2D eigenvalue weighted by molar-refractivity contribution is -0.00361. The minimum absolute atomic E-state index is 0.0534. The monoisotopic (exact) mass is 440 g/mol. The molecular formula is C25H32N2O3S. The van der Waals surface area contributed by atoms with E-state index in [-0.39, 0.29) is 28.9 Å². The number of hydrogen-bond acceptors (Lipinski definition) is 4. The molecule has 1 unspecified atom stereocenters. The van der Waals surface area contributed by atoms with Crippen LogP contribution < -0.4 is 0 Å². The Morgan fingerprint density at radius 1 is 1.13 bits per heavy atom. The van der Waals surface area contributed by atoms with Gasteiger partial charge in [0, 0.05) is 17.6 Å². The van der Waals surface area contributed by atoms with Crippen molar-refractivity contribution < 1.29 is 13.5 Å². The number of rotatable bonds is 5. The Hall–Kier alpha value is -2.15. The number of aliphatic hydroxyl groups is 1. The van der Waals surface area contributed by atoms with Crippen molar-refractivity contribution >= 4 is 20.9 Å². The summed E-state index contributed by atoms with van der Waals surface area (Å²) in [5.74, 6) is 0.446. The third-order valence-corrected chi connectivity index (χ3v) is 8.63. The lowest BCUT2D eigenvalue weighted by atomic mass is 9.73. The number of aromatic nitrogens is 1. The fourth-order valence-corrected chi connectivity index (χ4v) is 6.67. The third-order valence-electron chi connectivity index (χ3n) is 6.94. The van der Waals surface area contributed by atoms with Crippen molar-refractivity contribution in [2.24, 2.45) is 11.8 Å². The largest absolute Gasteiger partial charge is 0.393 e. The fourth-order valence-electron chi connectivity index (χ4n) is 5.29. The number of para-hydroxylation sites is 1. The summed E-state index contributed by atoms with van der Waals surface area (Å²) in [5, 5.41) is 11.4. The highest BCUT2D eigenvalue weighted by Crippen LogP contribution is 2.44. The number of fused-ring (bicyclic) bond motifs is 1. The Labute approximate surface area is 185 Å². The predicted octanol–water partition coefficient (Wildman–Crippen LogP) is 4.59. The van der Waals surface area contributed by atoms with E-state index in [2.05, 4.69) is 18.9 Å². The molecule has 0 aliphatic carbocycles. The fraction of sp³-hybridized carbons (Fsp3) is 0.440. The summed E-state index contributed by atoms with van der Waals surface area (Å²) in [6, 6.07) is 14.8. The second kappa shape index (κ2) is 8.41. The number of likely N-dealkylation sites (tertiary alicyclic amines) is 1. The topological polar surface area (TPSA) is 62.5 Å². The van der Waals surface area contributed by atoms with Crippen molar-refractivity contribution in [1.29, 1.82) is 0 Å². The number of hydrogen-bond donors (Lipinski definition) is 1. The van der Waals surface area contributed by atoms with E-state index in [9.17, 15) is 13.5 Å². The van der Waals surface area contributed by atoms with Crippen LogP contribution in [0, 0.1) is 18.8 Å². The van der Waals surface area contributed by atoms with Gasteiger partial charge in [0.25, 0.3) is 10.0 Å². The van der Waals surface area contributed by atoms with Gasteiger partial charge in [0.1, 0.15) is 0 Å². The van der Waals surface area contributed by atoms with Crippen molar-refractivity contribution in [2.45, 2.75) is 50.7 Å². The zero-order chi connectivity index (χ0) is 22.3. The molecule has 1 aliphatic heterocycles. The Kier molecular flexibility index (Phi) is 5.99. The molecule has 0 amide bonds. The van der Waals surface area contributed by atoms with Crippen molar-refractivity contribution in [3.63, 3.8) is 0 Å². The van der Waals surface area contributed by atoms with Crippen LogP contribution in [0.5, 0.6) is 0 Å². The van der Waals surface area contributed by atoms with Gasteiger partial charge < -0.3 is 5.11 Å². The molecule has 1 aromatic heterocycles. The van der Waals surface area contributed by atoms with Crippen molar-refractivity contribution in [3.8, 4) is 0 Å². The van der Waals surface area contributed by atoms with Crippen molar-refractivity contribution in [3.05, 3.63) is 65.9 Å². The van der Waals surface area contributed by atoms with Gasteiger partial charge in [-0.3, -0.25) is 4.90 Å². The van der Waals surface area contributed by atoms with Crippen molar-refractivity contribution in [1.82, 2.24) is 8.87 Å². The van der Waals surface area contributed by atoms with E-state index in [0.717, 1.165) is 35.9 Å². The highest BCUT2D eigenvalue weighted by atomic mass is 32.2. The van der Waals surface area contributed by atoms with Gasteiger partial charge in [-0.05, 0) is 69.5 Å². The number of nitrogens with zero attached hydrogens (tertiary/aromatic N) is 2. The summed E-state index contributed by atoms with van der Waals surface area (Å²) in [5.41, 5.74) is 2.74. The standard InChI is InChI=1S/C25H32N2O3S/c1-5-20-21(18(3)28)14-15-26(4)25(20)23-16-27(24-9-7-6-8-22(23)24)31(29,30)19-12-10-17(2)11-13-19/h6-13,16,18,20-21,25,28H,5,14-15H2,1-4H3/t18?,20-,21-,25-/m0/s1. The van der Waals surface area contributed by atoms with Crippen LogP contribution >= 0.6 is 0 Å². The Bertz CT molecular complexity index is 1170. The van der Waals surface area contributed by atoms with Crippen LogP contribution in [-0.4, -0.2) is 42.1 Å². The molecule has 4 rings (SSSR count). The molecule has 1 saturated heterocycles. The second-order valence-corrected chi connectivity index (χ2v) is 10.7. The molecule has 1 N–H and O–H groups in total. The first kappa shape index (κ1) is 22.1. The molecule has 1 aliphatic rings. The molecule has 0 spiro atoms. The first-order valence-corrected chi connectivity index (χ1v) is 12.5. The smallest absolute Gasteiger partial charge is 0.268 e. The maximum atomic E-state index is 13.6. The van der Waals surface area contributed by atoms with Gasteiger partial charge in [-0.2, -0.15) is 0 Å². The maximum absolute atomic E-state index is 13.6. The number of aryl methyl sites for hydroxylation is 1. The Morgan fingerprint density at radius 3 is 2.45 bits per heavy atom. The molecular weight excluding hydrogens is 408 g/mol. The van der Waals surface area contributed by atoms with E-state index >= 15 is 0 Å². The van der Waals surface area contributed by atoms with E-state index in [0.29, 0.717) is 5.52 Å². The van der Waals surface area contributed by atoms with Crippen LogP contribution in [0.4, 0.5) is 0 Å². The van der Waals surface area contributed by atoms with Gasteiger partial charge in [-0.1, -0.05) is 49.2 Å². The molecule has 2 aromatic carbocycles. The van der Waals surface area contributed by atoms with E-state index in [4.69, 9.17) is 0 Å². The molecule has 0 radical (unpaired) electrons. The van der Waals surface area contributed by atoms with E-state index in [1.54, 1.807) is 12.1 Å². The summed E-state index contributed by atoms with van der Waals surface area (Å²) in [6.07, 6.45) is 3.30. The second-order valence-electron chi connectivity index (χ2n) is 8.91. The van der Waals surface area contributed by atoms with E-state index in [1.165, 1.54) is 3.97 Å². The Morgan fingerprint density at radius 2 is 1.81 bits per heavy atom. The van der Waals surface area contributed by atoms with Crippen LogP contribution in [0.2, 0.25) is 0 Å². The summed E-state index contributed by atoms with van der Waals surface area (Å²) in [6.45, 7) is 6.86. The average molecular weight is 441 g/mol. The minimum atomic E-state index is -3.72. The molecule has 31 heavy (non-hydrogen) atoms. The first-order valence-electron chi connectivity index (χ1n) is 11.1. The normalized spacial score (nSPS) is 23.8. The van der Waals surface area contributed by atoms with Crippen molar-refractivity contribution in [2.75, 3.05) is 13.6 Å². The summed E-state index contributed by atoms with van der Waals surface area (Å²) in [4.78, 5) is 2.61. The van der Waals surface area contributed by atoms with Crippen LogP contribution in [-0.2, 0) is 10.0 Å². The minimum Gasteiger partial charge on any atom is -0.393 e. The molecule has 0 bridgehead atoms. The number of aliphatic hydroxyl groups excluding tert-OH is 1. The molecule has 0 saturated carbocycles. The molecule has 6 heteroatoms.